The molecule has 0 bridgehead atoms. The van der Waals surface area contributed by atoms with E-state index < -0.39 is 0 Å². The van der Waals surface area contributed by atoms with Crippen molar-refractivity contribution < 1.29 is 5.11 Å². The minimum absolute atomic E-state index is 0.125. The molecule has 114 valence electrons. The highest BCUT2D eigenvalue weighted by atomic mass is 16.3. The molecule has 1 N–H and O–H groups in total. The van der Waals surface area contributed by atoms with Crippen LogP contribution in [0.5, 0.6) is 0 Å². The van der Waals surface area contributed by atoms with Gasteiger partial charge in [-0.2, -0.15) is 5.10 Å². The first-order valence-electron chi connectivity index (χ1n) is 7.39. The molecule has 0 aliphatic rings. The van der Waals surface area contributed by atoms with E-state index >= 15 is 0 Å². The average Bonchev–Trinajstić information content (AvgIpc) is 2.70. The summed E-state index contributed by atoms with van der Waals surface area (Å²) in [5.74, 6) is 0. The summed E-state index contributed by atoms with van der Waals surface area (Å²) in [6.07, 6.45) is 0. The Balaban J connectivity index is 2.09. The maximum absolute atomic E-state index is 9.08. The lowest BCUT2D eigenvalue weighted by Crippen LogP contribution is -2.18. The summed E-state index contributed by atoms with van der Waals surface area (Å²) < 4.78 is 1.90. The molecule has 0 unspecified atom stereocenters. The Hall–Kier alpha value is -1.65. The van der Waals surface area contributed by atoms with Crippen LogP contribution in [0, 0.1) is 20.8 Å². The van der Waals surface area contributed by atoms with E-state index in [1.165, 1.54) is 16.7 Å². The lowest BCUT2D eigenvalue weighted by Gasteiger charge is -2.18. The molecule has 2 aromatic rings. The highest BCUT2D eigenvalue weighted by Gasteiger charge is 2.13. The number of aromatic nitrogens is 2. The van der Waals surface area contributed by atoms with Gasteiger partial charge >= 0.3 is 0 Å². The molecule has 1 aromatic carbocycles. The Morgan fingerprint density at radius 3 is 2.52 bits per heavy atom. The van der Waals surface area contributed by atoms with E-state index in [1.54, 1.807) is 0 Å². The molecule has 0 aliphatic heterocycles. The first-order chi connectivity index (χ1) is 10.0. The lowest BCUT2D eigenvalue weighted by molar-refractivity contribution is 0.267. The standard InChI is InChI=1S/C17H25N3O/c1-13-7-5-6-8-16(13)11-19(4)12-17-14(2)18-20(9-10-21)15(17)3/h5-8,21H,9-12H2,1-4H3. The fourth-order valence-corrected chi connectivity index (χ4v) is 2.68. The van der Waals surface area contributed by atoms with Crippen molar-refractivity contribution in [3.8, 4) is 0 Å². The number of aliphatic hydroxyl groups excluding tert-OH is 1. The van der Waals surface area contributed by atoms with Gasteiger partial charge in [-0.05, 0) is 38.9 Å². The van der Waals surface area contributed by atoms with Crippen molar-refractivity contribution in [3.63, 3.8) is 0 Å². The predicted octanol–water partition coefficient (Wildman–Crippen LogP) is 2.43. The van der Waals surface area contributed by atoms with Crippen molar-refractivity contribution in [2.45, 2.75) is 40.4 Å². The van der Waals surface area contributed by atoms with Crippen LogP contribution < -0.4 is 0 Å². The van der Waals surface area contributed by atoms with Gasteiger partial charge in [0.15, 0.2) is 0 Å². The minimum atomic E-state index is 0.125. The van der Waals surface area contributed by atoms with Gasteiger partial charge in [0, 0.05) is 24.3 Å². The molecule has 2 rings (SSSR count). The fraction of sp³-hybridized carbons (Fsp3) is 0.471. The van der Waals surface area contributed by atoms with E-state index in [1.807, 2.05) is 11.6 Å². The Morgan fingerprint density at radius 2 is 1.86 bits per heavy atom. The largest absolute Gasteiger partial charge is 0.394 e. The molecule has 0 saturated heterocycles. The van der Waals surface area contributed by atoms with Crippen molar-refractivity contribution in [1.82, 2.24) is 14.7 Å². The van der Waals surface area contributed by atoms with E-state index in [4.69, 9.17) is 5.11 Å². The summed E-state index contributed by atoms with van der Waals surface area (Å²) in [6, 6.07) is 8.50. The van der Waals surface area contributed by atoms with Crippen molar-refractivity contribution >= 4 is 0 Å². The quantitative estimate of drug-likeness (QED) is 0.887. The third-order valence-corrected chi connectivity index (χ3v) is 3.97. The van der Waals surface area contributed by atoms with E-state index in [0.717, 1.165) is 24.5 Å². The van der Waals surface area contributed by atoms with Crippen LogP contribution in [0.25, 0.3) is 0 Å². The normalized spacial score (nSPS) is 11.3. The van der Waals surface area contributed by atoms with Crippen LogP contribution in [-0.2, 0) is 19.6 Å². The van der Waals surface area contributed by atoms with Crippen LogP contribution in [0.15, 0.2) is 24.3 Å². The SMILES string of the molecule is Cc1ccccc1CN(C)Cc1c(C)nn(CCO)c1C. The average molecular weight is 287 g/mol. The molecule has 4 heteroatoms. The molecule has 1 aromatic heterocycles. The van der Waals surface area contributed by atoms with E-state index in [9.17, 15) is 0 Å². The van der Waals surface area contributed by atoms with Gasteiger partial charge in [0.25, 0.3) is 0 Å². The third-order valence-electron chi connectivity index (χ3n) is 3.97. The van der Waals surface area contributed by atoms with Crippen molar-refractivity contribution in [1.29, 1.82) is 0 Å². The number of hydrogen-bond donors (Lipinski definition) is 1. The van der Waals surface area contributed by atoms with Crippen LogP contribution in [-0.4, -0.2) is 33.4 Å². The maximum atomic E-state index is 9.08. The molecule has 0 aliphatic carbocycles. The van der Waals surface area contributed by atoms with Gasteiger partial charge < -0.3 is 5.11 Å². The van der Waals surface area contributed by atoms with Crippen LogP contribution in [0.2, 0.25) is 0 Å². The van der Waals surface area contributed by atoms with Gasteiger partial charge in [0.2, 0.25) is 0 Å². The van der Waals surface area contributed by atoms with E-state index in [-0.39, 0.29) is 6.61 Å². The third kappa shape index (κ3) is 3.71. The smallest absolute Gasteiger partial charge is 0.0644 e. The van der Waals surface area contributed by atoms with Crippen LogP contribution in [0.1, 0.15) is 28.1 Å². The van der Waals surface area contributed by atoms with E-state index in [0.29, 0.717) is 6.54 Å². The minimum Gasteiger partial charge on any atom is -0.394 e. The van der Waals surface area contributed by atoms with Crippen molar-refractivity contribution in [2.24, 2.45) is 0 Å². The molecular formula is C17H25N3O. The molecule has 21 heavy (non-hydrogen) atoms. The Morgan fingerprint density at radius 1 is 1.14 bits per heavy atom. The van der Waals surface area contributed by atoms with Crippen LogP contribution in [0.3, 0.4) is 0 Å². The van der Waals surface area contributed by atoms with Gasteiger partial charge in [0.05, 0.1) is 18.8 Å². The molecule has 0 spiro atoms. The number of benzene rings is 1. The molecule has 0 amide bonds. The number of hydrogen-bond acceptors (Lipinski definition) is 3. The van der Waals surface area contributed by atoms with Crippen molar-refractivity contribution in [3.05, 3.63) is 52.3 Å². The molecule has 1 heterocycles. The fourth-order valence-electron chi connectivity index (χ4n) is 2.68. The Bertz CT molecular complexity index is 604. The number of aliphatic hydroxyl groups is 1. The zero-order chi connectivity index (χ0) is 15.4. The second-order valence-electron chi connectivity index (χ2n) is 5.69. The zero-order valence-corrected chi connectivity index (χ0v) is 13.4. The van der Waals surface area contributed by atoms with Gasteiger partial charge in [0.1, 0.15) is 0 Å². The molecular weight excluding hydrogens is 262 g/mol. The second kappa shape index (κ2) is 6.87. The monoisotopic (exact) mass is 287 g/mol. The summed E-state index contributed by atoms with van der Waals surface area (Å²) in [6.45, 7) is 8.76. The highest BCUT2D eigenvalue weighted by molar-refractivity contribution is 5.27. The van der Waals surface area contributed by atoms with Gasteiger partial charge in [-0.1, -0.05) is 24.3 Å². The topological polar surface area (TPSA) is 41.3 Å². The summed E-state index contributed by atoms with van der Waals surface area (Å²) in [7, 11) is 2.13. The first-order valence-corrected chi connectivity index (χ1v) is 7.39. The Kier molecular flexibility index (Phi) is 5.15. The van der Waals surface area contributed by atoms with Gasteiger partial charge in [-0.3, -0.25) is 9.58 Å². The van der Waals surface area contributed by atoms with Crippen LogP contribution >= 0.6 is 0 Å². The number of rotatable bonds is 6. The zero-order valence-electron chi connectivity index (χ0n) is 13.4. The Labute approximate surface area is 127 Å². The molecule has 0 saturated carbocycles. The van der Waals surface area contributed by atoms with Crippen LogP contribution in [0.4, 0.5) is 0 Å². The van der Waals surface area contributed by atoms with Gasteiger partial charge in [-0.15, -0.1) is 0 Å². The summed E-state index contributed by atoms with van der Waals surface area (Å²) >= 11 is 0. The lowest BCUT2D eigenvalue weighted by atomic mass is 10.1. The van der Waals surface area contributed by atoms with Crippen molar-refractivity contribution in [2.75, 3.05) is 13.7 Å². The molecule has 0 fully saturated rings. The molecule has 0 atom stereocenters. The molecule has 4 nitrogen and oxygen atoms in total. The van der Waals surface area contributed by atoms with Gasteiger partial charge in [-0.25, -0.2) is 0 Å². The summed E-state index contributed by atoms with van der Waals surface area (Å²) in [5.41, 5.74) is 6.15. The van der Waals surface area contributed by atoms with E-state index in [2.05, 4.69) is 55.2 Å². The predicted molar refractivity (Wildman–Crippen MR) is 85.1 cm³/mol. The number of nitrogens with zero attached hydrogens (tertiary/aromatic N) is 3. The second-order valence-corrected chi connectivity index (χ2v) is 5.69. The number of aryl methyl sites for hydroxylation is 2. The maximum Gasteiger partial charge on any atom is 0.0644 e. The summed E-state index contributed by atoms with van der Waals surface area (Å²) in [5, 5.41) is 13.6. The molecule has 0 radical (unpaired) electrons. The highest BCUT2D eigenvalue weighted by Crippen LogP contribution is 2.17. The summed E-state index contributed by atoms with van der Waals surface area (Å²) in [4.78, 5) is 2.31. The first kappa shape index (κ1) is 15.7.